The molecule has 1 amide bonds. The smallest absolute Gasteiger partial charge is 0.300 e. The highest BCUT2D eigenvalue weighted by molar-refractivity contribution is 7.14. The molecule has 0 spiro atoms. The summed E-state index contributed by atoms with van der Waals surface area (Å²) in [5.74, 6) is -2.42. The molecular weight excluding hydrogens is 380 g/mol. The summed E-state index contributed by atoms with van der Waals surface area (Å²) in [6, 6.07) is 3.40. The van der Waals surface area contributed by atoms with Gasteiger partial charge in [0.25, 0.3) is 0 Å². The Labute approximate surface area is 155 Å². The lowest BCUT2D eigenvalue weighted by Crippen LogP contribution is -2.20. The zero-order valence-electron chi connectivity index (χ0n) is 14.2. The Morgan fingerprint density at radius 1 is 1.33 bits per heavy atom. The maximum Gasteiger partial charge on any atom is 0.312 e. The highest BCUT2D eigenvalue weighted by atomic mass is 32.1. The van der Waals surface area contributed by atoms with Crippen molar-refractivity contribution in [3.05, 3.63) is 56.7 Å². The van der Waals surface area contributed by atoms with Crippen molar-refractivity contribution >= 4 is 28.1 Å². The monoisotopic (exact) mass is 393 g/mol. The third-order valence-corrected chi connectivity index (χ3v) is 4.54. The molecule has 0 radical (unpaired) electrons. The summed E-state index contributed by atoms with van der Waals surface area (Å²) < 4.78 is 27.6. The number of aromatic nitrogens is 3. The van der Waals surface area contributed by atoms with Gasteiger partial charge < -0.3 is 5.32 Å². The number of rotatable bonds is 5. The number of benzene rings is 1. The van der Waals surface area contributed by atoms with Crippen LogP contribution in [0.1, 0.15) is 11.4 Å². The molecule has 2 heterocycles. The van der Waals surface area contributed by atoms with Gasteiger partial charge in [-0.05, 0) is 32.0 Å². The Hall–Kier alpha value is -3.21. The first-order chi connectivity index (χ1) is 12.8. The largest absolute Gasteiger partial charge is 0.312 e. The standard InChI is InChI=1S/C16H13F2N5O3S/c1-8-15(23(25)26)9(2)22(21-8)6-14(24)20-16-19-13(7-27-16)10-3-4-11(17)12(18)5-10/h3-5,7H,6H2,1-2H3,(H,19,20,24). The number of carbonyl (C=O) groups is 1. The molecule has 8 nitrogen and oxygen atoms in total. The average molecular weight is 393 g/mol. The Balaban J connectivity index is 1.72. The average Bonchev–Trinajstić information content (AvgIpc) is 3.15. The Morgan fingerprint density at radius 3 is 2.70 bits per heavy atom. The predicted molar refractivity (Wildman–Crippen MR) is 94.5 cm³/mol. The first-order valence-corrected chi connectivity index (χ1v) is 8.53. The Kier molecular flexibility index (Phi) is 4.95. The van der Waals surface area contributed by atoms with Crippen molar-refractivity contribution in [1.29, 1.82) is 0 Å². The van der Waals surface area contributed by atoms with Crippen LogP contribution in [0.4, 0.5) is 19.6 Å². The van der Waals surface area contributed by atoms with Crippen molar-refractivity contribution in [1.82, 2.24) is 14.8 Å². The molecule has 2 aromatic heterocycles. The van der Waals surface area contributed by atoms with Crippen molar-refractivity contribution in [2.24, 2.45) is 0 Å². The van der Waals surface area contributed by atoms with Crippen molar-refractivity contribution < 1.29 is 18.5 Å². The number of thiazole rings is 1. The number of halogens is 2. The second-order valence-electron chi connectivity index (χ2n) is 5.65. The second kappa shape index (κ2) is 7.19. The van der Waals surface area contributed by atoms with E-state index in [0.717, 1.165) is 23.5 Å². The van der Waals surface area contributed by atoms with E-state index in [1.807, 2.05) is 0 Å². The van der Waals surface area contributed by atoms with E-state index in [4.69, 9.17) is 0 Å². The lowest BCUT2D eigenvalue weighted by molar-refractivity contribution is -0.386. The van der Waals surface area contributed by atoms with E-state index in [1.165, 1.54) is 24.6 Å². The second-order valence-corrected chi connectivity index (χ2v) is 6.51. The van der Waals surface area contributed by atoms with E-state index in [1.54, 1.807) is 5.38 Å². The van der Waals surface area contributed by atoms with Crippen LogP contribution in [0.5, 0.6) is 0 Å². The lowest BCUT2D eigenvalue weighted by Gasteiger charge is -2.03. The number of nitro groups is 1. The van der Waals surface area contributed by atoms with Crippen molar-refractivity contribution in [2.75, 3.05) is 5.32 Å². The number of hydrogen-bond acceptors (Lipinski definition) is 6. The number of carbonyl (C=O) groups excluding carboxylic acids is 1. The number of hydrogen-bond donors (Lipinski definition) is 1. The minimum Gasteiger partial charge on any atom is -0.300 e. The maximum absolute atomic E-state index is 13.3. The van der Waals surface area contributed by atoms with Gasteiger partial charge >= 0.3 is 5.69 Å². The van der Waals surface area contributed by atoms with Gasteiger partial charge in [0.15, 0.2) is 16.8 Å². The summed E-state index contributed by atoms with van der Waals surface area (Å²) in [5.41, 5.74) is 1.13. The molecule has 3 aromatic rings. The number of nitrogens with one attached hydrogen (secondary N) is 1. The van der Waals surface area contributed by atoms with Crippen LogP contribution in [0.25, 0.3) is 11.3 Å². The molecule has 0 aliphatic heterocycles. The lowest BCUT2D eigenvalue weighted by atomic mass is 10.2. The minimum absolute atomic E-state index is 0.127. The van der Waals surface area contributed by atoms with Crippen LogP contribution in [-0.2, 0) is 11.3 Å². The predicted octanol–water partition coefficient (Wildman–Crippen LogP) is 3.45. The van der Waals surface area contributed by atoms with Crippen LogP contribution >= 0.6 is 11.3 Å². The molecule has 0 atom stereocenters. The van der Waals surface area contributed by atoms with E-state index >= 15 is 0 Å². The van der Waals surface area contributed by atoms with E-state index in [2.05, 4.69) is 15.4 Å². The van der Waals surface area contributed by atoms with Gasteiger partial charge in [0.05, 0.1) is 10.6 Å². The van der Waals surface area contributed by atoms with Crippen LogP contribution in [-0.4, -0.2) is 25.6 Å². The van der Waals surface area contributed by atoms with Gasteiger partial charge in [-0.1, -0.05) is 0 Å². The van der Waals surface area contributed by atoms with Crippen LogP contribution in [0.15, 0.2) is 23.6 Å². The summed E-state index contributed by atoms with van der Waals surface area (Å²) in [6.07, 6.45) is 0. The van der Waals surface area contributed by atoms with Gasteiger partial charge in [0.1, 0.15) is 17.9 Å². The molecule has 0 saturated heterocycles. The Bertz CT molecular complexity index is 1050. The van der Waals surface area contributed by atoms with Gasteiger partial charge in [-0.25, -0.2) is 13.8 Å². The highest BCUT2D eigenvalue weighted by Crippen LogP contribution is 2.26. The van der Waals surface area contributed by atoms with E-state index in [9.17, 15) is 23.7 Å². The van der Waals surface area contributed by atoms with E-state index < -0.39 is 22.5 Å². The Morgan fingerprint density at radius 2 is 2.07 bits per heavy atom. The number of nitrogens with zero attached hydrogens (tertiary/aromatic N) is 4. The molecule has 1 aromatic carbocycles. The van der Waals surface area contributed by atoms with Gasteiger partial charge in [0, 0.05) is 10.9 Å². The fourth-order valence-electron chi connectivity index (χ4n) is 2.52. The van der Waals surface area contributed by atoms with Crippen molar-refractivity contribution in [2.45, 2.75) is 20.4 Å². The molecule has 11 heteroatoms. The quantitative estimate of drug-likeness (QED) is 0.528. The molecule has 1 N–H and O–H groups in total. The topological polar surface area (TPSA) is 103 Å². The SMILES string of the molecule is Cc1nn(CC(=O)Nc2nc(-c3ccc(F)c(F)c3)cs2)c(C)c1[N+](=O)[O-]. The first kappa shape index (κ1) is 18.6. The summed E-state index contributed by atoms with van der Waals surface area (Å²) in [7, 11) is 0. The zero-order valence-corrected chi connectivity index (χ0v) is 15.0. The van der Waals surface area contributed by atoms with Crippen LogP contribution in [0.3, 0.4) is 0 Å². The van der Waals surface area contributed by atoms with Gasteiger partial charge in [0.2, 0.25) is 5.91 Å². The molecule has 0 unspecified atom stereocenters. The minimum atomic E-state index is -0.989. The summed E-state index contributed by atoms with van der Waals surface area (Å²) in [4.78, 5) is 26.8. The highest BCUT2D eigenvalue weighted by Gasteiger charge is 2.23. The molecule has 27 heavy (non-hydrogen) atoms. The number of amides is 1. The van der Waals surface area contributed by atoms with Crippen molar-refractivity contribution in [3.8, 4) is 11.3 Å². The normalized spacial score (nSPS) is 10.8. The van der Waals surface area contributed by atoms with Gasteiger partial charge in [-0.3, -0.25) is 19.6 Å². The summed E-state index contributed by atoms with van der Waals surface area (Å²) in [5, 5.41) is 19.4. The molecule has 0 fully saturated rings. The van der Waals surface area contributed by atoms with Crippen LogP contribution in [0.2, 0.25) is 0 Å². The van der Waals surface area contributed by atoms with Gasteiger partial charge in [-0.2, -0.15) is 5.10 Å². The maximum atomic E-state index is 13.3. The third-order valence-electron chi connectivity index (χ3n) is 3.79. The molecule has 0 bridgehead atoms. The molecule has 0 aliphatic rings. The van der Waals surface area contributed by atoms with Gasteiger partial charge in [-0.15, -0.1) is 11.3 Å². The molecule has 3 rings (SSSR count). The van der Waals surface area contributed by atoms with Crippen LogP contribution in [0, 0.1) is 35.6 Å². The molecule has 0 aliphatic carbocycles. The van der Waals surface area contributed by atoms with Crippen molar-refractivity contribution in [3.63, 3.8) is 0 Å². The van der Waals surface area contributed by atoms with E-state index in [-0.39, 0.29) is 28.8 Å². The number of aryl methyl sites for hydroxylation is 1. The first-order valence-electron chi connectivity index (χ1n) is 7.65. The molecule has 140 valence electrons. The molecule has 0 saturated carbocycles. The fourth-order valence-corrected chi connectivity index (χ4v) is 3.26. The summed E-state index contributed by atoms with van der Waals surface area (Å²) >= 11 is 1.11. The van der Waals surface area contributed by atoms with Crippen LogP contribution < -0.4 is 5.32 Å². The third kappa shape index (κ3) is 3.82. The number of anilines is 1. The molecular formula is C16H13F2N5O3S. The van der Waals surface area contributed by atoms with E-state index in [0.29, 0.717) is 11.3 Å². The summed E-state index contributed by atoms with van der Waals surface area (Å²) in [6.45, 7) is 2.78. The zero-order chi connectivity index (χ0) is 19.7. The fraction of sp³-hybridized carbons (Fsp3) is 0.188.